The van der Waals surface area contributed by atoms with Crippen molar-refractivity contribution in [3.8, 4) is 0 Å². The molecule has 1 fully saturated rings. The maximum absolute atomic E-state index is 11.7. The molecular formula is C11H25ClN2O2S. The van der Waals surface area contributed by atoms with Gasteiger partial charge in [0.2, 0.25) is 10.0 Å². The predicted molar refractivity (Wildman–Crippen MR) is 73.8 cm³/mol. The van der Waals surface area contributed by atoms with Crippen molar-refractivity contribution in [2.45, 2.75) is 45.6 Å². The van der Waals surface area contributed by atoms with Crippen LogP contribution in [0, 0.1) is 11.8 Å². The zero-order valence-corrected chi connectivity index (χ0v) is 12.3. The minimum absolute atomic E-state index is 0. The molecule has 1 saturated carbocycles. The largest absolute Gasteiger partial charge is 0.326 e. The zero-order valence-electron chi connectivity index (χ0n) is 10.7. The van der Waals surface area contributed by atoms with Crippen LogP contribution in [-0.2, 0) is 10.0 Å². The van der Waals surface area contributed by atoms with E-state index < -0.39 is 10.0 Å². The van der Waals surface area contributed by atoms with Gasteiger partial charge >= 0.3 is 0 Å². The second-order valence-corrected chi connectivity index (χ2v) is 6.88. The molecule has 6 heteroatoms. The Bertz CT molecular complexity index is 305. The first-order valence-electron chi connectivity index (χ1n) is 6.17. The van der Waals surface area contributed by atoms with Crippen LogP contribution in [0.3, 0.4) is 0 Å². The lowest BCUT2D eigenvalue weighted by atomic mass is 10.1. The lowest BCUT2D eigenvalue weighted by Crippen LogP contribution is -2.40. The summed E-state index contributed by atoms with van der Waals surface area (Å²) in [5.74, 6) is 0.980. The molecule has 0 spiro atoms. The number of halogens is 1. The fraction of sp³-hybridized carbons (Fsp3) is 1.00. The molecule has 3 N–H and O–H groups in total. The highest BCUT2D eigenvalue weighted by Crippen LogP contribution is 2.31. The van der Waals surface area contributed by atoms with Crippen LogP contribution in [0.1, 0.15) is 39.5 Å². The Morgan fingerprint density at radius 2 is 2.00 bits per heavy atom. The first kappa shape index (κ1) is 17.2. The van der Waals surface area contributed by atoms with Gasteiger partial charge < -0.3 is 5.73 Å². The molecule has 0 saturated heterocycles. The van der Waals surface area contributed by atoms with E-state index in [1.807, 2.05) is 6.92 Å². The average molecular weight is 285 g/mol. The summed E-state index contributed by atoms with van der Waals surface area (Å²) in [6.07, 6.45) is 4.28. The molecule has 0 aromatic rings. The fourth-order valence-corrected chi connectivity index (χ4v) is 3.40. The Morgan fingerprint density at radius 1 is 1.41 bits per heavy atom. The molecule has 0 amide bonds. The Labute approximate surface area is 111 Å². The third kappa shape index (κ3) is 7.24. The van der Waals surface area contributed by atoms with Crippen LogP contribution >= 0.6 is 12.4 Å². The van der Waals surface area contributed by atoms with Gasteiger partial charge in [-0.25, -0.2) is 13.1 Å². The quantitative estimate of drug-likeness (QED) is 0.709. The molecule has 0 radical (unpaired) electrons. The van der Waals surface area contributed by atoms with E-state index >= 15 is 0 Å². The molecular weight excluding hydrogens is 260 g/mol. The van der Waals surface area contributed by atoms with Crippen LogP contribution in [-0.4, -0.2) is 26.8 Å². The van der Waals surface area contributed by atoms with Crippen molar-refractivity contribution in [2.75, 3.05) is 12.3 Å². The lowest BCUT2D eigenvalue weighted by molar-refractivity contribution is 0.522. The standard InChI is InChI=1S/C11H24N2O2S.ClH/c1-3-4-9(2)8-16(14,15)13-7-11(12)10-5-6-10;/h9-11,13H,3-8,12H2,1-2H3;1H. The maximum atomic E-state index is 11.7. The van der Waals surface area contributed by atoms with Crippen molar-refractivity contribution in [1.29, 1.82) is 0 Å². The third-order valence-corrected chi connectivity index (χ3v) is 4.67. The minimum Gasteiger partial charge on any atom is -0.326 e. The number of nitrogens with two attached hydrogens (primary N) is 1. The topological polar surface area (TPSA) is 72.2 Å². The summed E-state index contributed by atoms with van der Waals surface area (Å²) in [4.78, 5) is 0. The van der Waals surface area contributed by atoms with Crippen LogP contribution in [0.5, 0.6) is 0 Å². The normalized spacial score (nSPS) is 19.5. The first-order chi connectivity index (χ1) is 7.44. The maximum Gasteiger partial charge on any atom is 0.211 e. The van der Waals surface area contributed by atoms with Crippen LogP contribution in [0.15, 0.2) is 0 Å². The summed E-state index contributed by atoms with van der Waals surface area (Å²) in [6.45, 7) is 4.44. The molecule has 1 aliphatic carbocycles. The Hall–Kier alpha value is 0.160. The molecule has 104 valence electrons. The number of nitrogens with one attached hydrogen (secondary N) is 1. The van der Waals surface area contributed by atoms with Crippen molar-refractivity contribution in [1.82, 2.24) is 4.72 Å². The molecule has 0 heterocycles. The van der Waals surface area contributed by atoms with Crippen LogP contribution in [0.25, 0.3) is 0 Å². The SMILES string of the molecule is CCCC(C)CS(=O)(=O)NCC(N)C1CC1.Cl. The van der Waals surface area contributed by atoms with Gasteiger partial charge in [0.1, 0.15) is 0 Å². The van der Waals surface area contributed by atoms with Gasteiger partial charge in [-0.1, -0.05) is 20.3 Å². The van der Waals surface area contributed by atoms with Crippen LogP contribution < -0.4 is 10.5 Å². The van der Waals surface area contributed by atoms with E-state index in [4.69, 9.17) is 5.73 Å². The van der Waals surface area contributed by atoms with Gasteiger partial charge in [0.15, 0.2) is 0 Å². The number of hydrogen-bond acceptors (Lipinski definition) is 3. The van der Waals surface area contributed by atoms with Crippen molar-refractivity contribution in [3.63, 3.8) is 0 Å². The Morgan fingerprint density at radius 3 is 2.47 bits per heavy atom. The summed E-state index contributed by atoms with van der Waals surface area (Å²) in [6, 6.07) is -0.00347. The van der Waals surface area contributed by atoms with Crippen molar-refractivity contribution < 1.29 is 8.42 Å². The number of sulfonamides is 1. The van der Waals surface area contributed by atoms with E-state index in [9.17, 15) is 8.42 Å². The van der Waals surface area contributed by atoms with Gasteiger partial charge in [0.05, 0.1) is 5.75 Å². The third-order valence-electron chi connectivity index (χ3n) is 3.05. The highest BCUT2D eigenvalue weighted by molar-refractivity contribution is 7.89. The highest BCUT2D eigenvalue weighted by Gasteiger charge is 2.29. The van der Waals surface area contributed by atoms with E-state index in [1.165, 1.54) is 0 Å². The van der Waals surface area contributed by atoms with E-state index in [2.05, 4.69) is 11.6 Å². The van der Waals surface area contributed by atoms with Gasteiger partial charge in [0.25, 0.3) is 0 Å². The van der Waals surface area contributed by atoms with Gasteiger partial charge in [-0.15, -0.1) is 12.4 Å². The molecule has 2 unspecified atom stereocenters. The molecule has 17 heavy (non-hydrogen) atoms. The minimum atomic E-state index is -3.13. The number of rotatable bonds is 8. The summed E-state index contributed by atoms with van der Waals surface area (Å²) in [7, 11) is -3.13. The first-order valence-corrected chi connectivity index (χ1v) is 7.82. The van der Waals surface area contributed by atoms with Gasteiger partial charge in [-0.2, -0.15) is 0 Å². The summed E-state index contributed by atoms with van der Waals surface area (Å²) in [5.41, 5.74) is 5.85. The molecule has 2 atom stereocenters. The molecule has 0 aromatic heterocycles. The smallest absolute Gasteiger partial charge is 0.211 e. The monoisotopic (exact) mass is 284 g/mol. The van der Waals surface area contributed by atoms with E-state index in [0.717, 1.165) is 25.7 Å². The van der Waals surface area contributed by atoms with E-state index in [1.54, 1.807) is 0 Å². The fourth-order valence-electron chi connectivity index (χ4n) is 1.92. The van der Waals surface area contributed by atoms with Crippen molar-refractivity contribution in [2.24, 2.45) is 17.6 Å². The van der Waals surface area contributed by atoms with Crippen LogP contribution in [0.4, 0.5) is 0 Å². The molecule has 1 rings (SSSR count). The number of hydrogen-bond donors (Lipinski definition) is 2. The van der Waals surface area contributed by atoms with Crippen LogP contribution in [0.2, 0.25) is 0 Å². The zero-order chi connectivity index (χ0) is 12.2. The van der Waals surface area contributed by atoms with Gasteiger partial charge in [0, 0.05) is 12.6 Å². The Kier molecular flexibility index (Phi) is 7.63. The summed E-state index contributed by atoms with van der Waals surface area (Å²) in [5, 5.41) is 0. The highest BCUT2D eigenvalue weighted by atomic mass is 35.5. The van der Waals surface area contributed by atoms with Crippen molar-refractivity contribution in [3.05, 3.63) is 0 Å². The molecule has 0 aliphatic heterocycles. The molecule has 0 aromatic carbocycles. The van der Waals surface area contributed by atoms with Crippen molar-refractivity contribution >= 4 is 22.4 Å². The van der Waals surface area contributed by atoms with Gasteiger partial charge in [-0.3, -0.25) is 0 Å². The lowest BCUT2D eigenvalue weighted by Gasteiger charge is -2.14. The predicted octanol–water partition coefficient (Wildman–Crippen LogP) is 1.50. The average Bonchev–Trinajstić information content (AvgIpc) is 2.96. The molecule has 1 aliphatic rings. The van der Waals surface area contributed by atoms with Gasteiger partial charge in [-0.05, 0) is 31.1 Å². The molecule has 4 nitrogen and oxygen atoms in total. The second-order valence-electron chi connectivity index (χ2n) is 5.03. The Balaban J connectivity index is 0.00000256. The molecule has 0 bridgehead atoms. The second kappa shape index (κ2) is 7.56. The van der Waals surface area contributed by atoms with E-state index in [0.29, 0.717) is 12.5 Å². The summed E-state index contributed by atoms with van der Waals surface area (Å²) >= 11 is 0. The summed E-state index contributed by atoms with van der Waals surface area (Å²) < 4.78 is 26.0. The van der Waals surface area contributed by atoms with E-state index in [-0.39, 0.29) is 30.1 Å².